The second-order valence-corrected chi connectivity index (χ2v) is 6.50. The zero-order chi connectivity index (χ0) is 17.5. The summed E-state index contributed by atoms with van der Waals surface area (Å²) in [5, 5.41) is 2.41. The lowest BCUT2D eigenvalue weighted by atomic mass is 10.1. The monoisotopic (exact) mass is 335 g/mol. The summed E-state index contributed by atoms with van der Waals surface area (Å²) in [5.41, 5.74) is 5.42. The molecule has 3 aromatic carbocycles. The third kappa shape index (κ3) is 2.29. The standard InChI is InChI=1S/C23H17N3/c1-16-9-11-18(12-10-16)23-25-20-13-14-24-15-22(20)26(23)21-8-4-6-17-5-2-3-7-19(17)21/h2-15H,1H3. The number of benzene rings is 3. The van der Waals surface area contributed by atoms with Crippen molar-refractivity contribution in [1.82, 2.24) is 14.5 Å². The average molecular weight is 335 g/mol. The highest BCUT2D eigenvalue weighted by molar-refractivity contribution is 5.94. The van der Waals surface area contributed by atoms with Crippen molar-refractivity contribution >= 4 is 21.8 Å². The quantitative estimate of drug-likeness (QED) is 0.423. The van der Waals surface area contributed by atoms with Gasteiger partial charge in [0.25, 0.3) is 0 Å². The summed E-state index contributed by atoms with van der Waals surface area (Å²) in [6, 6.07) is 25.3. The van der Waals surface area contributed by atoms with Crippen LogP contribution in [0.1, 0.15) is 5.56 Å². The predicted molar refractivity (Wildman–Crippen MR) is 107 cm³/mol. The first-order valence-corrected chi connectivity index (χ1v) is 8.69. The number of aromatic nitrogens is 3. The van der Waals surface area contributed by atoms with Crippen LogP contribution in [0.5, 0.6) is 0 Å². The van der Waals surface area contributed by atoms with Crippen molar-refractivity contribution in [2.75, 3.05) is 0 Å². The normalized spacial score (nSPS) is 11.3. The molecule has 0 radical (unpaired) electrons. The predicted octanol–water partition coefficient (Wildman–Crippen LogP) is 5.55. The minimum Gasteiger partial charge on any atom is -0.290 e. The first-order chi connectivity index (χ1) is 12.8. The summed E-state index contributed by atoms with van der Waals surface area (Å²) in [7, 11) is 0. The molecule has 0 aliphatic carbocycles. The lowest BCUT2D eigenvalue weighted by Gasteiger charge is -2.12. The topological polar surface area (TPSA) is 30.7 Å². The maximum Gasteiger partial charge on any atom is 0.145 e. The van der Waals surface area contributed by atoms with Gasteiger partial charge in [0.15, 0.2) is 0 Å². The molecule has 0 N–H and O–H groups in total. The van der Waals surface area contributed by atoms with E-state index in [1.807, 2.05) is 12.3 Å². The second kappa shape index (κ2) is 5.81. The van der Waals surface area contributed by atoms with E-state index in [4.69, 9.17) is 4.98 Å². The minimum absolute atomic E-state index is 0.935. The van der Waals surface area contributed by atoms with E-state index in [9.17, 15) is 0 Å². The molecule has 2 aromatic heterocycles. The SMILES string of the molecule is Cc1ccc(-c2nc3ccncc3n2-c2cccc3ccccc23)cc1. The Hall–Kier alpha value is -3.46. The van der Waals surface area contributed by atoms with Gasteiger partial charge >= 0.3 is 0 Å². The molecular weight excluding hydrogens is 318 g/mol. The molecule has 5 rings (SSSR count). The molecule has 124 valence electrons. The third-order valence-corrected chi connectivity index (χ3v) is 4.77. The van der Waals surface area contributed by atoms with Crippen LogP contribution >= 0.6 is 0 Å². The summed E-state index contributed by atoms with van der Waals surface area (Å²) in [6.45, 7) is 2.10. The molecule has 0 atom stereocenters. The van der Waals surface area contributed by atoms with Gasteiger partial charge in [-0.2, -0.15) is 0 Å². The van der Waals surface area contributed by atoms with Gasteiger partial charge in [0.2, 0.25) is 0 Å². The average Bonchev–Trinajstić information content (AvgIpc) is 3.07. The lowest BCUT2D eigenvalue weighted by molar-refractivity contribution is 1.11. The fraction of sp³-hybridized carbons (Fsp3) is 0.0435. The van der Waals surface area contributed by atoms with E-state index in [2.05, 4.69) is 83.2 Å². The molecule has 26 heavy (non-hydrogen) atoms. The second-order valence-electron chi connectivity index (χ2n) is 6.50. The first-order valence-electron chi connectivity index (χ1n) is 8.69. The Balaban J connectivity index is 1.89. The van der Waals surface area contributed by atoms with Gasteiger partial charge in [-0.15, -0.1) is 0 Å². The third-order valence-electron chi connectivity index (χ3n) is 4.77. The Kier molecular flexibility index (Phi) is 3.32. The van der Waals surface area contributed by atoms with Crippen LogP contribution in [0.2, 0.25) is 0 Å². The van der Waals surface area contributed by atoms with Crippen LogP contribution < -0.4 is 0 Å². The van der Waals surface area contributed by atoms with Gasteiger partial charge in [-0.05, 0) is 24.4 Å². The Morgan fingerprint density at radius 2 is 1.62 bits per heavy atom. The maximum absolute atomic E-state index is 4.92. The van der Waals surface area contributed by atoms with Crippen LogP contribution in [0.25, 0.3) is 38.9 Å². The number of hydrogen-bond acceptors (Lipinski definition) is 2. The van der Waals surface area contributed by atoms with Gasteiger partial charge in [0.1, 0.15) is 5.82 Å². The number of pyridine rings is 1. The van der Waals surface area contributed by atoms with Crippen LogP contribution in [0.15, 0.2) is 85.2 Å². The number of rotatable bonds is 2. The van der Waals surface area contributed by atoms with Crippen LogP contribution in [0.4, 0.5) is 0 Å². The van der Waals surface area contributed by atoms with Crippen molar-refractivity contribution in [3.63, 3.8) is 0 Å². The Bertz CT molecular complexity index is 1230. The largest absolute Gasteiger partial charge is 0.290 e. The molecule has 0 spiro atoms. The van der Waals surface area contributed by atoms with E-state index in [0.29, 0.717) is 0 Å². The molecule has 0 amide bonds. The molecule has 0 saturated carbocycles. The summed E-state index contributed by atoms with van der Waals surface area (Å²) in [6.07, 6.45) is 3.68. The summed E-state index contributed by atoms with van der Waals surface area (Å²) in [5.74, 6) is 0.935. The fourth-order valence-electron chi connectivity index (χ4n) is 3.47. The van der Waals surface area contributed by atoms with Crippen molar-refractivity contribution in [1.29, 1.82) is 0 Å². The molecule has 5 aromatic rings. The molecule has 0 saturated heterocycles. The van der Waals surface area contributed by atoms with Crippen molar-refractivity contribution in [3.8, 4) is 17.1 Å². The molecule has 2 heterocycles. The highest BCUT2D eigenvalue weighted by Gasteiger charge is 2.16. The molecule has 0 aliphatic rings. The van der Waals surface area contributed by atoms with Gasteiger partial charge in [-0.25, -0.2) is 4.98 Å². The van der Waals surface area contributed by atoms with Crippen molar-refractivity contribution in [3.05, 3.63) is 90.8 Å². The van der Waals surface area contributed by atoms with E-state index >= 15 is 0 Å². The lowest BCUT2D eigenvalue weighted by Crippen LogP contribution is -1.99. The van der Waals surface area contributed by atoms with Crippen molar-refractivity contribution in [2.45, 2.75) is 6.92 Å². The van der Waals surface area contributed by atoms with Crippen LogP contribution in [-0.2, 0) is 0 Å². The van der Waals surface area contributed by atoms with E-state index < -0.39 is 0 Å². The number of imidazole rings is 1. The van der Waals surface area contributed by atoms with Crippen molar-refractivity contribution in [2.24, 2.45) is 0 Å². The Labute approximate surface area is 151 Å². The van der Waals surface area contributed by atoms with Crippen LogP contribution in [0.3, 0.4) is 0 Å². The molecule has 0 bridgehead atoms. The number of hydrogen-bond donors (Lipinski definition) is 0. The van der Waals surface area contributed by atoms with Gasteiger partial charge in [-0.1, -0.05) is 66.2 Å². The number of nitrogens with zero attached hydrogens (tertiary/aromatic N) is 3. The summed E-state index contributed by atoms with van der Waals surface area (Å²) < 4.78 is 2.22. The molecule has 0 fully saturated rings. The number of aryl methyl sites for hydroxylation is 1. The zero-order valence-corrected chi connectivity index (χ0v) is 14.4. The molecule has 3 heteroatoms. The highest BCUT2D eigenvalue weighted by atomic mass is 15.1. The molecule has 0 aliphatic heterocycles. The van der Waals surface area contributed by atoms with Gasteiger partial charge in [0, 0.05) is 17.1 Å². The van der Waals surface area contributed by atoms with Crippen molar-refractivity contribution < 1.29 is 0 Å². The van der Waals surface area contributed by atoms with E-state index in [-0.39, 0.29) is 0 Å². The van der Waals surface area contributed by atoms with Crippen LogP contribution in [0, 0.1) is 6.92 Å². The highest BCUT2D eigenvalue weighted by Crippen LogP contribution is 2.31. The molecule has 0 unspecified atom stereocenters. The Morgan fingerprint density at radius 1 is 0.808 bits per heavy atom. The van der Waals surface area contributed by atoms with E-state index in [1.54, 1.807) is 6.20 Å². The minimum atomic E-state index is 0.935. The molecule has 3 nitrogen and oxygen atoms in total. The van der Waals surface area contributed by atoms with Gasteiger partial charge < -0.3 is 0 Å². The first kappa shape index (κ1) is 14.8. The molecular formula is C23H17N3. The van der Waals surface area contributed by atoms with Gasteiger partial charge in [-0.3, -0.25) is 9.55 Å². The fourth-order valence-corrected chi connectivity index (χ4v) is 3.47. The number of fused-ring (bicyclic) bond motifs is 2. The van der Waals surface area contributed by atoms with Gasteiger partial charge in [0.05, 0.1) is 22.9 Å². The Morgan fingerprint density at radius 3 is 2.50 bits per heavy atom. The van der Waals surface area contributed by atoms with E-state index in [1.165, 1.54) is 16.3 Å². The smallest absolute Gasteiger partial charge is 0.145 e. The summed E-state index contributed by atoms with van der Waals surface area (Å²) in [4.78, 5) is 9.26. The maximum atomic E-state index is 4.92. The summed E-state index contributed by atoms with van der Waals surface area (Å²) >= 11 is 0. The van der Waals surface area contributed by atoms with E-state index in [0.717, 1.165) is 28.1 Å². The van der Waals surface area contributed by atoms with Crippen LogP contribution in [-0.4, -0.2) is 14.5 Å². The zero-order valence-electron chi connectivity index (χ0n) is 14.4.